The Morgan fingerprint density at radius 2 is 1.72 bits per heavy atom. The maximum Gasteiger partial charge on any atom is 0.247 e. The summed E-state index contributed by atoms with van der Waals surface area (Å²) >= 11 is 7.16. The van der Waals surface area contributed by atoms with Crippen molar-refractivity contribution in [3.8, 4) is 0 Å². The van der Waals surface area contributed by atoms with E-state index in [1.807, 2.05) is 42.5 Å². The molecule has 0 bridgehead atoms. The highest BCUT2D eigenvalue weighted by Crippen LogP contribution is 2.31. The van der Waals surface area contributed by atoms with Crippen LogP contribution in [-0.2, 0) is 16.1 Å². The van der Waals surface area contributed by atoms with Crippen LogP contribution in [0.2, 0.25) is 5.02 Å². The number of hydrogen-bond donors (Lipinski definition) is 1. The zero-order chi connectivity index (χ0) is 22.5. The molecule has 32 heavy (non-hydrogen) atoms. The second-order valence-electron chi connectivity index (χ2n) is 7.09. The van der Waals surface area contributed by atoms with E-state index in [1.54, 1.807) is 12.1 Å². The fourth-order valence-corrected chi connectivity index (χ4v) is 4.34. The van der Waals surface area contributed by atoms with Gasteiger partial charge in [0, 0.05) is 17.1 Å². The molecule has 1 aliphatic rings. The van der Waals surface area contributed by atoms with Gasteiger partial charge in [0.15, 0.2) is 5.17 Å². The number of nitrogens with one attached hydrogen (secondary N) is 1. The lowest BCUT2D eigenvalue weighted by atomic mass is 10.2. The summed E-state index contributed by atoms with van der Waals surface area (Å²) in [6.07, 6.45) is 0.0390. The van der Waals surface area contributed by atoms with E-state index in [0.717, 1.165) is 16.2 Å². The number of carbonyl (C=O) groups excluding carboxylic acids is 2. The molecule has 3 aromatic carbocycles. The van der Waals surface area contributed by atoms with Crippen molar-refractivity contribution in [1.29, 1.82) is 0 Å². The summed E-state index contributed by atoms with van der Waals surface area (Å²) in [4.78, 5) is 31.3. The topological polar surface area (TPSA) is 61.8 Å². The minimum absolute atomic E-state index is 0.0390. The molecule has 1 atom stereocenters. The Morgan fingerprint density at radius 3 is 2.41 bits per heavy atom. The number of amides is 2. The van der Waals surface area contributed by atoms with Gasteiger partial charge in [0.25, 0.3) is 0 Å². The standard InChI is InChI=1S/C24H19ClFN3O2S/c25-17-8-6-16(7-9-17)15-27-24(28-19-4-2-1-3-5-19)32-21-14-22(30)29(23(21)31)20-12-10-18(26)11-13-20/h1-13,21H,14-15H2,(H,27,28). The highest BCUT2D eigenvalue weighted by Gasteiger charge is 2.40. The number of aliphatic imine (C=N–C) groups is 1. The fourth-order valence-electron chi connectivity index (χ4n) is 3.20. The van der Waals surface area contributed by atoms with Crippen LogP contribution in [0.25, 0.3) is 0 Å². The van der Waals surface area contributed by atoms with Crippen molar-refractivity contribution in [1.82, 2.24) is 0 Å². The molecule has 0 spiro atoms. The maximum absolute atomic E-state index is 13.2. The molecule has 5 nitrogen and oxygen atoms in total. The molecule has 162 valence electrons. The molecule has 4 rings (SSSR count). The van der Waals surface area contributed by atoms with E-state index in [1.165, 1.54) is 36.0 Å². The largest absolute Gasteiger partial charge is 0.335 e. The summed E-state index contributed by atoms with van der Waals surface area (Å²) in [5.41, 5.74) is 2.14. The van der Waals surface area contributed by atoms with Gasteiger partial charge in [0.2, 0.25) is 11.8 Å². The number of para-hydroxylation sites is 1. The van der Waals surface area contributed by atoms with Crippen LogP contribution < -0.4 is 10.2 Å². The van der Waals surface area contributed by atoms with E-state index < -0.39 is 11.1 Å². The van der Waals surface area contributed by atoms with Gasteiger partial charge in [-0.25, -0.2) is 9.29 Å². The molecular formula is C24H19ClFN3O2S. The average Bonchev–Trinajstić information content (AvgIpc) is 3.07. The van der Waals surface area contributed by atoms with Crippen molar-refractivity contribution in [2.24, 2.45) is 4.99 Å². The average molecular weight is 468 g/mol. The first-order valence-corrected chi connectivity index (χ1v) is 11.2. The molecule has 3 aromatic rings. The summed E-state index contributed by atoms with van der Waals surface area (Å²) in [5.74, 6) is -1.10. The first-order valence-electron chi connectivity index (χ1n) is 9.89. The van der Waals surface area contributed by atoms with Crippen LogP contribution in [0.1, 0.15) is 12.0 Å². The number of benzene rings is 3. The number of imide groups is 1. The van der Waals surface area contributed by atoms with Crippen LogP contribution in [0.15, 0.2) is 83.9 Å². The van der Waals surface area contributed by atoms with Gasteiger partial charge in [0.05, 0.1) is 12.2 Å². The molecule has 1 unspecified atom stereocenters. The van der Waals surface area contributed by atoms with Crippen molar-refractivity contribution >= 4 is 51.7 Å². The van der Waals surface area contributed by atoms with Gasteiger partial charge >= 0.3 is 0 Å². The highest BCUT2D eigenvalue weighted by molar-refractivity contribution is 8.15. The van der Waals surface area contributed by atoms with Gasteiger partial charge in [-0.15, -0.1) is 0 Å². The molecule has 2 amide bonds. The number of anilines is 2. The van der Waals surface area contributed by atoms with Gasteiger partial charge in [-0.05, 0) is 54.1 Å². The van der Waals surface area contributed by atoms with E-state index >= 15 is 0 Å². The summed E-state index contributed by atoms with van der Waals surface area (Å²) in [7, 11) is 0. The quantitative estimate of drug-likeness (QED) is 0.305. The molecular weight excluding hydrogens is 449 g/mol. The third-order valence-electron chi connectivity index (χ3n) is 4.79. The molecule has 1 fully saturated rings. The molecule has 1 aliphatic heterocycles. The Morgan fingerprint density at radius 1 is 1.03 bits per heavy atom. The van der Waals surface area contributed by atoms with Crippen molar-refractivity contribution in [3.05, 3.63) is 95.3 Å². The minimum Gasteiger partial charge on any atom is -0.335 e. The molecule has 8 heteroatoms. The lowest BCUT2D eigenvalue weighted by Gasteiger charge is -2.16. The molecule has 1 N–H and O–H groups in total. The summed E-state index contributed by atoms with van der Waals surface area (Å²) in [5, 5.41) is 3.78. The zero-order valence-corrected chi connectivity index (χ0v) is 18.4. The summed E-state index contributed by atoms with van der Waals surface area (Å²) in [6.45, 7) is 0.385. The molecule has 0 aromatic heterocycles. The minimum atomic E-state index is -0.632. The van der Waals surface area contributed by atoms with Gasteiger partial charge in [-0.1, -0.05) is 53.7 Å². The predicted octanol–water partition coefficient (Wildman–Crippen LogP) is 5.51. The fraction of sp³-hybridized carbons (Fsp3) is 0.125. The first-order chi connectivity index (χ1) is 15.5. The molecule has 0 saturated carbocycles. The van der Waals surface area contributed by atoms with Gasteiger partial charge in [-0.3, -0.25) is 14.6 Å². The van der Waals surface area contributed by atoms with E-state index in [0.29, 0.717) is 22.4 Å². The Labute approximate surface area is 194 Å². The van der Waals surface area contributed by atoms with Crippen molar-refractivity contribution in [2.75, 3.05) is 10.2 Å². The lowest BCUT2D eigenvalue weighted by molar-refractivity contribution is -0.121. The first kappa shape index (κ1) is 22.0. The smallest absolute Gasteiger partial charge is 0.247 e. The van der Waals surface area contributed by atoms with Crippen molar-refractivity contribution in [3.63, 3.8) is 0 Å². The van der Waals surface area contributed by atoms with E-state index in [9.17, 15) is 14.0 Å². The SMILES string of the molecule is O=C1CC(SC(=NCc2ccc(Cl)cc2)Nc2ccccc2)C(=O)N1c1ccc(F)cc1. The van der Waals surface area contributed by atoms with Crippen molar-refractivity contribution in [2.45, 2.75) is 18.2 Å². The molecule has 1 saturated heterocycles. The molecule has 0 aliphatic carbocycles. The van der Waals surface area contributed by atoms with Gasteiger partial charge in [-0.2, -0.15) is 0 Å². The van der Waals surface area contributed by atoms with Gasteiger partial charge in [0.1, 0.15) is 11.1 Å². The Bertz CT molecular complexity index is 1140. The third kappa shape index (κ3) is 5.36. The number of thioether (sulfide) groups is 1. The van der Waals surface area contributed by atoms with Crippen LogP contribution >= 0.6 is 23.4 Å². The van der Waals surface area contributed by atoms with Crippen LogP contribution in [0.3, 0.4) is 0 Å². The van der Waals surface area contributed by atoms with Gasteiger partial charge < -0.3 is 5.32 Å². The number of halogens is 2. The lowest BCUT2D eigenvalue weighted by Crippen LogP contribution is -2.31. The number of hydrogen-bond acceptors (Lipinski definition) is 4. The van der Waals surface area contributed by atoms with Crippen molar-refractivity contribution < 1.29 is 14.0 Å². The molecule has 0 radical (unpaired) electrons. The normalized spacial score (nSPS) is 16.5. The third-order valence-corrected chi connectivity index (χ3v) is 6.15. The van der Waals surface area contributed by atoms with E-state index in [2.05, 4.69) is 10.3 Å². The van der Waals surface area contributed by atoms with Crippen LogP contribution in [0.5, 0.6) is 0 Å². The van der Waals surface area contributed by atoms with Crippen LogP contribution in [-0.4, -0.2) is 22.2 Å². The predicted molar refractivity (Wildman–Crippen MR) is 128 cm³/mol. The summed E-state index contributed by atoms with van der Waals surface area (Å²) in [6, 6.07) is 22.2. The van der Waals surface area contributed by atoms with E-state index in [4.69, 9.17) is 11.6 Å². The summed E-state index contributed by atoms with van der Waals surface area (Å²) < 4.78 is 13.2. The van der Waals surface area contributed by atoms with Crippen LogP contribution in [0.4, 0.5) is 15.8 Å². The highest BCUT2D eigenvalue weighted by atomic mass is 35.5. The second-order valence-corrected chi connectivity index (χ2v) is 8.72. The Kier molecular flexibility index (Phi) is 6.87. The zero-order valence-electron chi connectivity index (χ0n) is 16.9. The van der Waals surface area contributed by atoms with Crippen LogP contribution in [0, 0.1) is 5.82 Å². The Hall–Kier alpha value is -3.16. The van der Waals surface area contributed by atoms with E-state index in [-0.39, 0.29) is 18.2 Å². The number of carbonyl (C=O) groups is 2. The maximum atomic E-state index is 13.2. The number of amidine groups is 1. The monoisotopic (exact) mass is 467 g/mol. The number of nitrogens with zero attached hydrogens (tertiary/aromatic N) is 2. The Balaban J connectivity index is 1.53. The molecule has 1 heterocycles. The second kappa shape index (κ2) is 9.97. The number of rotatable bonds is 5.